The van der Waals surface area contributed by atoms with Crippen LogP contribution in [-0.4, -0.2) is 40.3 Å². The molecule has 1 saturated heterocycles. The Morgan fingerprint density at radius 2 is 2.21 bits per heavy atom. The lowest BCUT2D eigenvalue weighted by molar-refractivity contribution is 0.0678. The molecule has 0 radical (unpaired) electrons. The lowest BCUT2D eigenvalue weighted by Crippen LogP contribution is -2.37. The minimum absolute atomic E-state index is 0.0143. The van der Waals surface area contributed by atoms with Gasteiger partial charge in [-0.25, -0.2) is 0 Å². The second-order valence-electron chi connectivity index (χ2n) is 6.18. The van der Waals surface area contributed by atoms with E-state index in [9.17, 15) is 9.90 Å². The molecule has 3 rings (SSSR count). The molecule has 6 heteroatoms. The van der Waals surface area contributed by atoms with Crippen molar-refractivity contribution in [2.45, 2.75) is 39.3 Å². The van der Waals surface area contributed by atoms with Crippen LogP contribution in [0.1, 0.15) is 40.2 Å². The minimum Gasteiger partial charge on any atom is -0.394 e. The van der Waals surface area contributed by atoms with Crippen LogP contribution in [0.2, 0.25) is 0 Å². The second-order valence-corrected chi connectivity index (χ2v) is 6.18. The Kier molecular flexibility index (Phi) is 4.85. The highest BCUT2D eigenvalue weighted by atomic mass is 16.5. The molecule has 1 aromatic heterocycles. The summed E-state index contributed by atoms with van der Waals surface area (Å²) in [5.41, 5.74) is 3.27. The number of aromatic nitrogens is 1. The van der Waals surface area contributed by atoms with Crippen LogP contribution in [0.5, 0.6) is 0 Å². The molecule has 1 amide bonds. The molecule has 1 unspecified atom stereocenters. The van der Waals surface area contributed by atoms with Gasteiger partial charge in [-0.15, -0.1) is 0 Å². The number of nitrogens with zero attached hydrogens (tertiary/aromatic N) is 2. The Labute approximate surface area is 141 Å². The van der Waals surface area contributed by atoms with Gasteiger partial charge in [0, 0.05) is 24.3 Å². The van der Waals surface area contributed by atoms with Crippen LogP contribution in [0.3, 0.4) is 0 Å². The third-order valence-corrected chi connectivity index (χ3v) is 4.64. The molecule has 1 aliphatic rings. The number of carbonyl (C=O) groups is 1. The second kappa shape index (κ2) is 7.05. The number of aryl methyl sites for hydroxylation is 2. The Morgan fingerprint density at radius 3 is 2.92 bits per heavy atom. The summed E-state index contributed by atoms with van der Waals surface area (Å²) in [6.45, 7) is 5.04. The first-order valence-electron chi connectivity index (χ1n) is 8.28. The van der Waals surface area contributed by atoms with Gasteiger partial charge in [-0.3, -0.25) is 4.79 Å². The molecule has 128 valence electrons. The molecule has 1 fully saturated rings. The van der Waals surface area contributed by atoms with Gasteiger partial charge in [0.15, 0.2) is 0 Å². The van der Waals surface area contributed by atoms with Crippen LogP contribution in [-0.2, 0) is 6.54 Å². The van der Waals surface area contributed by atoms with Crippen molar-refractivity contribution in [2.75, 3.05) is 18.5 Å². The van der Waals surface area contributed by atoms with E-state index < -0.39 is 0 Å². The maximum Gasteiger partial charge on any atom is 0.256 e. The molecule has 1 aromatic carbocycles. The number of benzene rings is 1. The number of likely N-dealkylation sites (tertiary alicyclic amines) is 1. The van der Waals surface area contributed by atoms with Gasteiger partial charge in [-0.2, -0.15) is 0 Å². The van der Waals surface area contributed by atoms with E-state index >= 15 is 0 Å². The van der Waals surface area contributed by atoms with Crippen molar-refractivity contribution in [1.29, 1.82) is 0 Å². The smallest absolute Gasteiger partial charge is 0.256 e. The fraction of sp³-hybridized carbons (Fsp3) is 0.444. The van der Waals surface area contributed by atoms with Crippen molar-refractivity contribution >= 4 is 11.6 Å². The topological polar surface area (TPSA) is 78.6 Å². The van der Waals surface area contributed by atoms with Crippen LogP contribution in [0.15, 0.2) is 28.8 Å². The van der Waals surface area contributed by atoms with Gasteiger partial charge in [0.05, 0.1) is 23.9 Å². The molecular weight excluding hydrogens is 306 g/mol. The zero-order valence-corrected chi connectivity index (χ0v) is 14.1. The molecule has 0 spiro atoms. The normalized spacial score (nSPS) is 17.3. The maximum atomic E-state index is 12.9. The summed E-state index contributed by atoms with van der Waals surface area (Å²) < 4.78 is 5.18. The third kappa shape index (κ3) is 3.14. The van der Waals surface area contributed by atoms with E-state index in [4.69, 9.17) is 4.52 Å². The molecule has 2 aromatic rings. The quantitative estimate of drug-likeness (QED) is 0.881. The van der Waals surface area contributed by atoms with Crippen molar-refractivity contribution in [3.8, 4) is 0 Å². The number of aliphatic hydroxyl groups excluding tert-OH is 1. The number of hydrogen-bond acceptors (Lipinski definition) is 5. The Hall–Kier alpha value is -2.34. The van der Waals surface area contributed by atoms with Crippen LogP contribution < -0.4 is 5.32 Å². The van der Waals surface area contributed by atoms with Crippen molar-refractivity contribution < 1.29 is 14.4 Å². The predicted octanol–water partition coefficient (Wildman–Crippen LogP) is 2.50. The minimum atomic E-state index is -0.0758. The first-order chi connectivity index (χ1) is 11.6. The van der Waals surface area contributed by atoms with Crippen LogP contribution in [0.4, 0.5) is 5.69 Å². The van der Waals surface area contributed by atoms with Gasteiger partial charge in [0.2, 0.25) is 0 Å². The lowest BCUT2D eigenvalue weighted by Gasteiger charge is -2.24. The van der Waals surface area contributed by atoms with E-state index in [1.54, 1.807) is 4.90 Å². The molecule has 1 atom stereocenters. The molecule has 2 heterocycles. The Bertz CT molecular complexity index is 707. The fourth-order valence-corrected chi connectivity index (χ4v) is 3.21. The average molecular weight is 329 g/mol. The highest BCUT2D eigenvalue weighted by molar-refractivity contribution is 6.00. The number of amides is 1. The van der Waals surface area contributed by atoms with Crippen molar-refractivity contribution in [3.63, 3.8) is 0 Å². The van der Waals surface area contributed by atoms with Crippen molar-refractivity contribution in [3.05, 3.63) is 46.8 Å². The molecular formula is C18H23N3O3. The SMILES string of the molecule is Cc1noc(C)c1CNc1ccccc1C(=O)N1CCCC1CO. The number of para-hydroxylation sites is 1. The van der Waals surface area contributed by atoms with Gasteiger partial charge in [-0.1, -0.05) is 17.3 Å². The Morgan fingerprint density at radius 1 is 1.42 bits per heavy atom. The van der Waals surface area contributed by atoms with E-state index in [1.807, 2.05) is 38.1 Å². The summed E-state index contributed by atoms with van der Waals surface area (Å²) in [5, 5.41) is 16.7. The highest BCUT2D eigenvalue weighted by Gasteiger charge is 2.29. The largest absolute Gasteiger partial charge is 0.394 e. The number of carbonyl (C=O) groups excluding carboxylic acids is 1. The zero-order valence-electron chi connectivity index (χ0n) is 14.1. The van der Waals surface area contributed by atoms with Crippen molar-refractivity contribution in [2.24, 2.45) is 0 Å². The van der Waals surface area contributed by atoms with Crippen LogP contribution >= 0.6 is 0 Å². The molecule has 0 bridgehead atoms. The monoisotopic (exact) mass is 329 g/mol. The summed E-state index contributed by atoms with van der Waals surface area (Å²) in [5.74, 6) is 0.747. The Balaban J connectivity index is 1.79. The summed E-state index contributed by atoms with van der Waals surface area (Å²) in [6, 6.07) is 7.41. The maximum absolute atomic E-state index is 12.9. The van der Waals surface area contributed by atoms with Gasteiger partial charge < -0.3 is 19.8 Å². The van der Waals surface area contributed by atoms with E-state index in [1.165, 1.54) is 0 Å². The van der Waals surface area contributed by atoms with Gasteiger partial charge in [0.1, 0.15) is 5.76 Å². The summed E-state index contributed by atoms with van der Waals surface area (Å²) >= 11 is 0. The highest BCUT2D eigenvalue weighted by Crippen LogP contribution is 2.24. The third-order valence-electron chi connectivity index (χ3n) is 4.64. The van der Waals surface area contributed by atoms with Gasteiger partial charge in [0.25, 0.3) is 5.91 Å². The van der Waals surface area contributed by atoms with E-state index in [0.29, 0.717) is 18.7 Å². The first-order valence-corrected chi connectivity index (χ1v) is 8.28. The van der Waals surface area contributed by atoms with E-state index in [0.717, 1.165) is 35.5 Å². The number of rotatable bonds is 5. The first kappa shape index (κ1) is 16.5. The van der Waals surface area contributed by atoms with Gasteiger partial charge >= 0.3 is 0 Å². The molecule has 0 saturated carbocycles. The average Bonchev–Trinajstić information content (AvgIpc) is 3.20. The number of nitrogens with one attached hydrogen (secondary N) is 1. The standard InChI is InChI=1S/C18H23N3O3/c1-12-16(13(2)24-20-12)10-19-17-8-4-3-7-15(17)18(23)21-9-5-6-14(21)11-22/h3-4,7-8,14,19,22H,5-6,9-11H2,1-2H3. The predicted molar refractivity (Wildman–Crippen MR) is 90.9 cm³/mol. The number of aliphatic hydroxyl groups is 1. The lowest BCUT2D eigenvalue weighted by atomic mass is 10.1. The number of anilines is 1. The van der Waals surface area contributed by atoms with E-state index in [2.05, 4.69) is 10.5 Å². The summed E-state index contributed by atoms with van der Waals surface area (Å²) in [6.07, 6.45) is 1.79. The summed E-state index contributed by atoms with van der Waals surface area (Å²) in [4.78, 5) is 14.7. The molecule has 24 heavy (non-hydrogen) atoms. The molecule has 1 aliphatic heterocycles. The van der Waals surface area contributed by atoms with Crippen LogP contribution in [0.25, 0.3) is 0 Å². The number of hydrogen-bond donors (Lipinski definition) is 2. The molecule has 0 aliphatic carbocycles. The fourth-order valence-electron chi connectivity index (χ4n) is 3.21. The van der Waals surface area contributed by atoms with Gasteiger partial charge in [-0.05, 0) is 38.8 Å². The zero-order chi connectivity index (χ0) is 17.1. The van der Waals surface area contributed by atoms with E-state index in [-0.39, 0.29) is 18.6 Å². The molecule has 6 nitrogen and oxygen atoms in total. The molecule has 2 N–H and O–H groups in total. The summed E-state index contributed by atoms with van der Waals surface area (Å²) in [7, 11) is 0. The van der Waals surface area contributed by atoms with Crippen molar-refractivity contribution in [1.82, 2.24) is 10.1 Å². The van der Waals surface area contributed by atoms with Crippen LogP contribution in [0, 0.1) is 13.8 Å².